The zero-order valence-corrected chi connectivity index (χ0v) is 13.9. The second kappa shape index (κ2) is 7.16. The molecular formula is C15H17BrClN3. The highest BCUT2D eigenvalue weighted by Gasteiger charge is 2.15. The lowest BCUT2D eigenvalue weighted by Gasteiger charge is -2.18. The van der Waals surface area contributed by atoms with Gasteiger partial charge in [0.25, 0.3) is 0 Å². The Hall–Kier alpha value is -0.970. The third-order valence-corrected chi connectivity index (χ3v) is 3.89. The van der Waals surface area contributed by atoms with Gasteiger partial charge in [-0.2, -0.15) is 0 Å². The van der Waals surface area contributed by atoms with Crippen LogP contribution in [0.3, 0.4) is 0 Å². The van der Waals surface area contributed by atoms with Gasteiger partial charge in [0.2, 0.25) is 0 Å². The predicted octanol–water partition coefficient (Wildman–Crippen LogP) is 4.09. The van der Waals surface area contributed by atoms with Gasteiger partial charge in [-0.05, 0) is 43.7 Å². The zero-order chi connectivity index (χ0) is 14.5. The maximum Gasteiger partial charge on any atom is 0.125 e. The SMILES string of the molecule is CCNC(Cc1ccc(Br)cc1Cl)c1ccnc(C)n1. The van der Waals surface area contributed by atoms with Crippen LogP contribution < -0.4 is 5.32 Å². The summed E-state index contributed by atoms with van der Waals surface area (Å²) >= 11 is 9.73. The molecular weight excluding hydrogens is 338 g/mol. The smallest absolute Gasteiger partial charge is 0.125 e. The second-order valence-corrected chi connectivity index (χ2v) is 5.90. The lowest BCUT2D eigenvalue weighted by Crippen LogP contribution is -2.24. The third kappa shape index (κ3) is 4.01. The fraction of sp³-hybridized carbons (Fsp3) is 0.333. The first-order chi connectivity index (χ1) is 9.60. The van der Waals surface area contributed by atoms with Crippen LogP contribution in [0.5, 0.6) is 0 Å². The molecule has 3 nitrogen and oxygen atoms in total. The number of aromatic nitrogens is 2. The highest BCUT2D eigenvalue weighted by atomic mass is 79.9. The summed E-state index contributed by atoms with van der Waals surface area (Å²) in [6.45, 7) is 4.87. The number of halogens is 2. The van der Waals surface area contributed by atoms with Crippen LogP contribution in [0.15, 0.2) is 34.9 Å². The Labute approximate surface area is 132 Å². The summed E-state index contributed by atoms with van der Waals surface area (Å²) in [5, 5.41) is 4.23. The Morgan fingerprint density at radius 2 is 2.15 bits per heavy atom. The van der Waals surface area contributed by atoms with Crippen molar-refractivity contribution in [3.8, 4) is 0 Å². The molecule has 1 atom stereocenters. The van der Waals surface area contributed by atoms with E-state index >= 15 is 0 Å². The summed E-state index contributed by atoms with van der Waals surface area (Å²) in [6, 6.07) is 8.07. The van der Waals surface area contributed by atoms with Gasteiger partial charge in [0.1, 0.15) is 5.82 Å². The summed E-state index contributed by atoms with van der Waals surface area (Å²) < 4.78 is 0.990. The molecule has 0 fully saturated rings. The van der Waals surface area contributed by atoms with E-state index in [9.17, 15) is 0 Å². The average Bonchev–Trinajstić information content (AvgIpc) is 2.41. The van der Waals surface area contributed by atoms with Crippen LogP contribution in [0.2, 0.25) is 5.02 Å². The summed E-state index contributed by atoms with van der Waals surface area (Å²) in [5.74, 6) is 0.785. The number of nitrogens with zero attached hydrogens (tertiary/aromatic N) is 2. The van der Waals surface area contributed by atoms with Crippen molar-refractivity contribution >= 4 is 27.5 Å². The first-order valence-corrected chi connectivity index (χ1v) is 7.74. The normalized spacial score (nSPS) is 12.4. The summed E-state index contributed by atoms with van der Waals surface area (Å²) in [6.07, 6.45) is 2.60. The van der Waals surface area contributed by atoms with Crippen molar-refractivity contribution in [3.63, 3.8) is 0 Å². The van der Waals surface area contributed by atoms with Gasteiger partial charge in [-0.3, -0.25) is 0 Å². The summed E-state index contributed by atoms with van der Waals surface area (Å²) in [7, 11) is 0. The van der Waals surface area contributed by atoms with E-state index in [1.807, 2.05) is 31.2 Å². The maximum absolute atomic E-state index is 6.30. The molecule has 2 aromatic rings. The standard InChI is InChI=1S/C15H17BrClN3/c1-3-18-15(14-6-7-19-10(2)20-14)8-11-4-5-12(16)9-13(11)17/h4-7,9,15,18H,3,8H2,1-2H3. The van der Waals surface area contributed by atoms with Gasteiger partial charge in [-0.15, -0.1) is 0 Å². The molecule has 1 heterocycles. The molecule has 106 valence electrons. The highest BCUT2D eigenvalue weighted by Crippen LogP contribution is 2.25. The molecule has 0 saturated carbocycles. The van der Waals surface area contributed by atoms with Crippen LogP contribution >= 0.6 is 27.5 Å². The Morgan fingerprint density at radius 3 is 2.80 bits per heavy atom. The van der Waals surface area contributed by atoms with E-state index in [1.54, 1.807) is 6.20 Å². The van der Waals surface area contributed by atoms with Crippen molar-refractivity contribution < 1.29 is 0 Å². The molecule has 0 bridgehead atoms. The summed E-state index contributed by atoms with van der Waals surface area (Å²) in [4.78, 5) is 8.66. The Balaban J connectivity index is 2.25. The van der Waals surface area contributed by atoms with E-state index in [2.05, 4.69) is 38.1 Å². The van der Waals surface area contributed by atoms with Gasteiger partial charge >= 0.3 is 0 Å². The molecule has 5 heteroatoms. The van der Waals surface area contributed by atoms with Gasteiger partial charge in [-0.1, -0.05) is 40.5 Å². The number of benzene rings is 1. The van der Waals surface area contributed by atoms with Crippen LogP contribution in [0.1, 0.15) is 30.0 Å². The monoisotopic (exact) mass is 353 g/mol. The van der Waals surface area contributed by atoms with Crippen molar-refractivity contribution in [2.24, 2.45) is 0 Å². The second-order valence-electron chi connectivity index (χ2n) is 4.58. The lowest BCUT2D eigenvalue weighted by atomic mass is 10.0. The van der Waals surface area contributed by atoms with E-state index in [1.165, 1.54) is 0 Å². The van der Waals surface area contributed by atoms with Gasteiger partial charge < -0.3 is 5.32 Å². The minimum absolute atomic E-state index is 0.139. The van der Waals surface area contributed by atoms with Crippen molar-refractivity contribution in [2.75, 3.05) is 6.54 Å². The molecule has 0 spiro atoms. The Bertz CT molecular complexity index is 589. The molecule has 0 saturated heterocycles. The van der Waals surface area contributed by atoms with E-state index in [0.717, 1.165) is 39.5 Å². The van der Waals surface area contributed by atoms with Crippen LogP contribution in [0.4, 0.5) is 0 Å². The Morgan fingerprint density at radius 1 is 1.35 bits per heavy atom. The number of rotatable bonds is 5. The van der Waals surface area contributed by atoms with E-state index in [0.29, 0.717) is 0 Å². The van der Waals surface area contributed by atoms with Crippen LogP contribution in [0, 0.1) is 6.92 Å². The van der Waals surface area contributed by atoms with E-state index in [4.69, 9.17) is 11.6 Å². The minimum Gasteiger partial charge on any atom is -0.309 e. The fourth-order valence-corrected chi connectivity index (χ4v) is 2.85. The van der Waals surface area contributed by atoms with Gasteiger partial charge in [0.15, 0.2) is 0 Å². The summed E-state index contributed by atoms with van der Waals surface area (Å²) in [5.41, 5.74) is 2.11. The fourth-order valence-electron chi connectivity index (χ4n) is 2.10. The highest BCUT2D eigenvalue weighted by molar-refractivity contribution is 9.10. The first-order valence-electron chi connectivity index (χ1n) is 6.57. The topological polar surface area (TPSA) is 37.8 Å². The number of aryl methyl sites for hydroxylation is 1. The lowest BCUT2D eigenvalue weighted by molar-refractivity contribution is 0.534. The van der Waals surface area contributed by atoms with Crippen molar-refractivity contribution in [2.45, 2.75) is 26.3 Å². The molecule has 1 unspecified atom stereocenters. The van der Waals surface area contributed by atoms with Crippen LogP contribution in [-0.2, 0) is 6.42 Å². The molecule has 0 aliphatic heterocycles. The zero-order valence-electron chi connectivity index (χ0n) is 11.5. The van der Waals surface area contributed by atoms with E-state index in [-0.39, 0.29) is 6.04 Å². The number of hydrogen-bond donors (Lipinski definition) is 1. The largest absolute Gasteiger partial charge is 0.309 e. The average molecular weight is 355 g/mol. The van der Waals surface area contributed by atoms with Crippen LogP contribution in [0.25, 0.3) is 0 Å². The maximum atomic E-state index is 6.30. The van der Waals surface area contributed by atoms with Crippen molar-refractivity contribution in [1.82, 2.24) is 15.3 Å². The first kappa shape index (κ1) is 15.4. The number of hydrogen-bond acceptors (Lipinski definition) is 3. The molecule has 20 heavy (non-hydrogen) atoms. The molecule has 0 aliphatic carbocycles. The number of likely N-dealkylation sites (N-methyl/N-ethyl adjacent to an activating group) is 1. The van der Waals surface area contributed by atoms with Gasteiger partial charge in [-0.25, -0.2) is 9.97 Å². The molecule has 1 aromatic carbocycles. The van der Waals surface area contributed by atoms with E-state index < -0.39 is 0 Å². The predicted molar refractivity (Wildman–Crippen MR) is 86.0 cm³/mol. The third-order valence-electron chi connectivity index (χ3n) is 3.04. The number of nitrogens with one attached hydrogen (secondary N) is 1. The molecule has 2 rings (SSSR count). The quantitative estimate of drug-likeness (QED) is 0.878. The molecule has 0 radical (unpaired) electrons. The van der Waals surface area contributed by atoms with Crippen molar-refractivity contribution in [1.29, 1.82) is 0 Å². The van der Waals surface area contributed by atoms with Crippen molar-refractivity contribution in [3.05, 3.63) is 57.0 Å². The molecule has 1 aromatic heterocycles. The Kier molecular flexibility index (Phi) is 5.52. The van der Waals surface area contributed by atoms with Gasteiger partial charge in [0, 0.05) is 15.7 Å². The van der Waals surface area contributed by atoms with Gasteiger partial charge in [0.05, 0.1) is 11.7 Å². The molecule has 1 N–H and O–H groups in total. The minimum atomic E-state index is 0.139. The van der Waals surface area contributed by atoms with Crippen LogP contribution in [-0.4, -0.2) is 16.5 Å². The molecule has 0 amide bonds. The molecule has 0 aliphatic rings.